The van der Waals surface area contributed by atoms with Gasteiger partial charge in [-0.1, -0.05) is 18.2 Å². The Hall–Kier alpha value is -3.65. The number of thiazole rings is 1. The lowest BCUT2D eigenvalue weighted by molar-refractivity contribution is -0.117. The molecule has 3 aromatic rings. The summed E-state index contributed by atoms with van der Waals surface area (Å²) >= 11 is 1.25. The minimum atomic E-state index is -0.853. The molecule has 0 saturated carbocycles. The number of carbonyl (C=O) groups is 2. The second-order valence-corrected chi connectivity index (χ2v) is 9.20. The number of hydrogen-bond donors (Lipinski definition) is 1. The molecule has 0 bridgehead atoms. The predicted molar refractivity (Wildman–Crippen MR) is 131 cm³/mol. The molecule has 1 aliphatic heterocycles. The molecule has 0 fully saturated rings. The molecule has 34 heavy (non-hydrogen) atoms. The molecule has 1 unspecified atom stereocenters. The average molecular weight is 479 g/mol. The summed E-state index contributed by atoms with van der Waals surface area (Å²) in [6.07, 6.45) is 0. The van der Waals surface area contributed by atoms with E-state index < -0.39 is 23.5 Å². The van der Waals surface area contributed by atoms with Gasteiger partial charge in [0.05, 0.1) is 40.9 Å². The van der Waals surface area contributed by atoms with Crippen LogP contribution in [0, 0.1) is 20.8 Å². The van der Waals surface area contributed by atoms with Crippen molar-refractivity contribution >= 4 is 28.7 Å². The molecule has 8 heteroatoms. The van der Waals surface area contributed by atoms with E-state index in [1.54, 1.807) is 38.3 Å². The van der Waals surface area contributed by atoms with E-state index in [1.807, 2.05) is 39.0 Å². The van der Waals surface area contributed by atoms with Crippen LogP contribution < -0.4 is 14.4 Å². The van der Waals surface area contributed by atoms with Gasteiger partial charge in [-0.25, -0.2) is 4.98 Å². The molecule has 1 N–H and O–H groups in total. The fourth-order valence-corrected chi connectivity index (χ4v) is 5.07. The van der Waals surface area contributed by atoms with Gasteiger partial charge in [0.2, 0.25) is 5.78 Å². The monoisotopic (exact) mass is 478 g/mol. The van der Waals surface area contributed by atoms with Crippen LogP contribution in [0.4, 0.5) is 5.69 Å². The summed E-state index contributed by atoms with van der Waals surface area (Å²) in [5.41, 5.74) is 2.73. The van der Waals surface area contributed by atoms with Crippen LogP contribution in [-0.4, -0.2) is 35.5 Å². The maximum atomic E-state index is 13.7. The van der Waals surface area contributed by atoms with Crippen LogP contribution >= 0.6 is 11.3 Å². The number of Topliss-reactive ketones (excluding diaryl/α,β-unsaturated/α-hetero) is 1. The molecule has 0 spiro atoms. The number of benzene rings is 2. The molecule has 7 nitrogen and oxygen atoms in total. The summed E-state index contributed by atoms with van der Waals surface area (Å²) < 4.78 is 11.2. The number of amides is 1. The third-order valence-corrected chi connectivity index (χ3v) is 6.72. The van der Waals surface area contributed by atoms with Crippen LogP contribution in [0.1, 0.15) is 44.5 Å². The Bertz CT molecular complexity index is 1310. The van der Waals surface area contributed by atoms with Crippen molar-refractivity contribution in [1.82, 2.24) is 4.98 Å². The van der Waals surface area contributed by atoms with Gasteiger partial charge in [0.25, 0.3) is 5.91 Å². The highest BCUT2D eigenvalue weighted by Crippen LogP contribution is 2.44. The number of methoxy groups -OCH3 is 1. The smallest absolute Gasteiger partial charge is 0.294 e. The molecule has 1 aliphatic rings. The van der Waals surface area contributed by atoms with Gasteiger partial charge in [-0.2, -0.15) is 0 Å². The third kappa shape index (κ3) is 4.05. The van der Waals surface area contributed by atoms with Crippen molar-refractivity contribution in [1.29, 1.82) is 0 Å². The summed E-state index contributed by atoms with van der Waals surface area (Å²) in [5, 5.41) is 11.7. The Balaban J connectivity index is 1.92. The first kappa shape index (κ1) is 23.5. The maximum absolute atomic E-state index is 13.7. The van der Waals surface area contributed by atoms with Crippen molar-refractivity contribution < 1.29 is 24.2 Å². The minimum absolute atomic E-state index is 0.0193. The summed E-state index contributed by atoms with van der Waals surface area (Å²) in [6.45, 7) is 7.76. The zero-order valence-corrected chi connectivity index (χ0v) is 20.5. The predicted octanol–water partition coefficient (Wildman–Crippen LogP) is 5.26. The quantitative estimate of drug-likeness (QED) is 0.466. The topological polar surface area (TPSA) is 89.0 Å². The van der Waals surface area contributed by atoms with Crippen molar-refractivity contribution in [3.05, 3.63) is 80.5 Å². The number of aliphatic hydroxyl groups excluding tert-OH is 1. The Morgan fingerprint density at radius 2 is 1.91 bits per heavy atom. The lowest BCUT2D eigenvalue weighted by Gasteiger charge is -2.27. The molecular formula is C26H26N2O5S. The summed E-state index contributed by atoms with van der Waals surface area (Å²) in [5.74, 6) is -0.584. The highest BCUT2D eigenvalue weighted by Gasteiger charge is 2.45. The van der Waals surface area contributed by atoms with Gasteiger partial charge in [0.1, 0.15) is 0 Å². The number of nitrogens with zero attached hydrogens (tertiary/aromatic N) is 2. The van der Waals surface area contributed by atoms with E-state index in [2.05, 4.69) is 4.98 Å². The molecule has 1 aromatic heterocycles. The van der Waals surface area contributed by atoms with Crippen molar-refractivity contribution in [2.45, 2.75) is 33.7 Å². The van der Waals surface area contributed by atoms with Gasteiger partial charge in [-0.15, -0.1) is 11.3 Å². The van der Waals surface area contributed by atoms with Crippen molar-refractivity contribution in [3.8, 4) is 11.5 Å². The van der Waals surface area contributed by atoms with Crippen molar-refractivity contribution in [2.24, 2.45) is 0 Å². The Labute approximate surface area is 202 Å². The van der Waals surface area contributed by atoms with Gasteiger partial charge in [0, 0.05) is 5.69 Å². The molecule has 1 atom stereocenters. The molecule has 0 radical (unpaired) electrons. The van der Waals surface area contributed by atoms with E-state index in [0.717, 1.165) is 10.6 Å². The number of carbonyl (C=O) groups excluding carboxylic acids is 2. The van der Waals surface area contributed by atoms with Gasteiger partial charge in [-0.05, 0) is 63.1 Å². The zero-order chi connectivity index (χ0) is 24.6. The first-order valence-electron chi connectivity index (χ1n) is 10.9. The first-order chi connectivity index (χ1) is 16.3. The van der Waals surface area contributed by atoms with Crippen molar-refractivity contribution in [2.75, 3.05) is 18.6 Å². The minimum Gasteiger partial charge on any atom is -0.503 e. The Kier molecular flexibility index (Phi) is 6.43. The highest BCUT2D eigenvalue weighted by molar-refractivity contribution is 7.14. The summed E-state index contributed by atoms with van der Waals surface area (Å²) in [4.78, 5) is 33.3. The third-order valence-electron chi connectivity index (χ3n) is 5.65. The standard InChI is InChI=1S/C26H26N2O5S/c1-6-33-20-13-17(10-11-19(20)32-5)22-21(23(29)25-15(3)27-16(4)34-25)24(30)26(31)28(22)18-9-7-8-14(2)12-18/h7-13,22,30H,6H2,1-5H3. The normalized spacial score (nSPS) is 15.7. The molecule has 0 aliphatic carbocycles. The van der Waals surface area contributed by atoms with Crippen LogP contribution in [0.3, 0.4) is 0 Å². The van der Waals surface area contributed by atoms with E-state index >= 15 is 0 Å². The number of aryl methyl sites for hydroxylation is 3. The van der Waals surface area contributed by atoms with Gasteiger partial charge in [-0.3, -0.25) is 14.5 Å². The molecule has 2 aromatic carbocycles. The van der Waals surface area contributed by atoms with Gasteiger partial charge < -0.3 is 14.6 Å². The SMILES string of the molecule is CCOc1cc(C2C(C(=O)c3sc(C)nc3C)=C(O)C(=O)N2c2cccc(C)c2)ccc1OC. The van der Waals surface area contributed by atoms with Crippen molar-refractivity contribution in [3.63, 3.8) is 0 Å². The highest BCUT2D eigenvalue weighted by atomic mass is 32.1. The number of anilines is 1. The molecule has 4 rings (SSSR count). The molecule has 176 valence electrons. The fourth-order valence-electron chi connectivity index (χ4n) is 4.19. The van der Waals surface area contributed by atoms with Crippen LogP contribution in [0.2, 0.25) is 0 Å². The summed E-state index contributed by atoms with van der Waals surface area (Å²) in [7, 11) is 1.55. The number of rotatable bonds is 7. The van der Waals surface area contributed by atoms with E-state index in [-0.39, 0.29) is 5.57 Å². The van der Waals surface area contributed by atoms with Crippen LogP contribution in [-0.2, 0) is 4.79 Å². The number of ether oxygens (including phenoxy) is 2. The van der Waals surface area contributed by atoms with E-state index in [9.17, 15) is 14.7 Å². The number of aromatic nitrogens is 1. The van der Waals surface area contributed by atoms with E-state index in [0.29, 0.717) is 39.9 Å². The first-order valence-corrected chi connectivity index (χ1v) is 11.7. The largest absolute Gasteiger partial charge is 0.503 e. The van der Waals surface area contributed by atoms with E-state index in [1.165, 1.54) is 16.2 Å². The van der Waals surface area contributed by atoms with Crippen LogP contribution in [0.15, 0.2) is 53.8 Å². The lowest BCUT2D eigenvalue weighted by atomic mass is 9.94. The second kappa shape index (κ2) is 9.30. The maximum Gasteiger partial charge on any atom is 0.294 e. The van der Waals surface area contributed by atoms with E-state index in [4.69, 9.17) is 9.47 Å². The number of aliphatic hydroxyl groups is 1. The number of ketones is 1. The average Bonchev–Trinajstić information content (AvgIpc) is 3.28. The molecular weight excluding hydrogens is 452 g/mol. The van der Waals surface area contributed by atoms with Crippen LogP contribution in [0.25, 0.3) is 0 Å². The molecule has 1 amide bonds. The molecule has 0 saturated heterocycles. The second-order valence-electron chi connectivity index (χ2n) is 8.00. The van der Waals surface area contributed by atoms with Crippen LogP contribution in [0.5, 0.6) is 11.5 Å². The fraction of sp³-hybridized carbons (Fsp3) is 0.269. The van der Waals surface area contributed by atoms with Gasteiger partial charge >= 0.3 is 0 Å². The zero-order valence-electron chi connectivity index (χ0n) is 19.7. The Morgan fingerprint density at radius 3 is 2.53 bits per heavy atom. The molecule has 2 heterocycles. The Morgan fingerprint density at radius 1 is 1.15 bits per heavy atom. The lowest BCUT2D eigenvalue weighted by Crippen LogP contribution is -2.31. The van der Waals surface area contributed by atoms with Gasteiger partial charge in [0.15, 0.2) is 17.3 Å². The summed E-state index contributed by atoms with van der Waals surface area (Å²) in [6, 6.07) is 11.8. The number of hydrogen-bond acceptors (Lipinski definition) is 7.